The first-order valence-corrected chi connectivity index (χ1v) is 7.53. The normalized spacial score (nSPS) is 21.6. The lowest BCUT2D eigenvalue weighted by Crippen LogP contribution is -2.52. The van der Waals surface area contributed by atoms with Gasteiger partial charge in [0.15, 0.2) is 0 Å². The van der Waals surface area contributed by atoms with E-state index in [0.29, 0.717) is 25.9 Å². The molecule has 3 N–H and O–H groups in total. The zero-order valence-electron chi connectivity index (χ0n) is 12.5. The molecule has 3 rings (SSSR count). The number of halogens is 1. The van der Waals surface area contributed by atoms with Crippen LogP contribution in [-0.2, 0) is 22.6 Å². The summed E-state index contributed by atoms with van der Waals surface area (Å²) < 4.78 is 0. The number of benzene rings is 1. The molecule has 2 amide bonds. The van der Waals surface area contributed by atoms with Crippen LogP contribution < -0.4 is 11.1 Å². The van der Waals surface area contributed by atoms with Crippen molar-refractivity contribution < 1.29 is 9.59 Å². The van der Waals surface area contributed by atoms with Gasteiger partial charge in [-0.25, -0.2) is 0 Å². The summed E-state index contributed by atoms with van der Waals surface area (Å²) in [5.41, 5.74) is 7.85. The molecular formula is C16H22ClN3O2. The minimum absolute atomic E-state index is 0. The summed E-state index contributed by atoms with van der Waals surface area (Å²) in [5.74, 6) is -0.173. The second-order valence-corrected chi connectivity index (χ2v) is 5.91. The number of nitrogens with zero attached hydrogens (tertiary/aromatic N) is 1. The zero-order valence-corrected chi connectivity index (χ0v) is 13.3. The second-order valence-electron chi connectivity index (χ2n) is 5.91. The Morgan fingerprint density at radius 1 is 1.14 bits per heavy atom. The number of carbonyl (C=O) groups excluding carboxylic acids is 2. The number of hydrogen-bond acceptors (Lipinski definition) is 3. The maximum absolute atomic E-state index is 12.6. The number of fused-ring (bicyclic) bond motifs is 1. The van der Waals surface area contributed by atoms with Crippen LogP contribution >= 0.6 is 12.4 Å². The van der Waals surface area contributed by atoms with Crippen molar-refractivity contribution in [1.29, 1.82) is 0 Å². The first kappa shape index (κ1) is 16.8. The fourth-order valence-corrected chi connectivity index (χ4v) is 3.23. The molecule has 1 atom stereocenters. The Labute approximate surface area is 136 Å². The van der Waals surface area contributed by atoms with E-state index < -0.39 is 0 Å². The van der Waals surface area contributed by atoms with Gasteiger partial charge in [0, 0.05) is 25.6 Å². The van der Waals surface area contributed by atoms with Gasteiger partial charge < -0.3 is 16.0 Å². The minimum atomic E-state index is -0.244. The third kappa shape index (κ3) is 3.42. The molecule has 1 aromatic carbocycles. The van der Waals surface area contributed by atoms with Crippen molar-refractivity contribution in [1.82, 2.24) is 10.2 Å². The van der Waals surface area contributed by atoms with E-state index in [9.17, 15) is 9.59 Å². The van der Waals surface area contributed by atoms with Crippen LogP contribution in [0.5, 0.6) is 0 Å². The largest absolute Gasteiger partial charge is 0.369 e. The van der Waals surface area contributed by atoms with Crippen molar-refractivity contribution in [2.24, 2.45) is 11.7 Å². The Hall–Kier alpha value is -1.59. The molecule has 0 radical (unpaired) electrons. The summed E-state index contributed by atoms with van der Waals surface area (Å²) >= 11 is 0. The van der Waals surface area contributed by atoms with Gasteiger partial charge in [-0.15, -0.1) is 12.4 Å². The van der Waals surface area contributed by atoms with Gasteiger partial charge >= 0.3 is 0 Å². The SMILES string of the molecule is Cl.NC(=O)C1CCN(C(=O)C2Cc3ccccc3CN2)CC1. The van der Waals surface area contributed by atoms with Gasteiger partial charge in [-0.05, 0) is 30.4 Å². The second kappa shape index (κ2) is 7.11. The Bertz CT molecular complexity index is 556. The van der Waals surface area contributed by atoms with E-state index >= 15 is 0 Å². The van der Waals surface area contributed by atoms with Crippen LogP contribution in [0.1, 0.15) is 24.0 Å². The maximum Gasteiger partial charge on any atom is 0.240 e. The van der Waals surface area contributed by atoms with E-state index in [2.05, 4.69) is 17.4 Å². The molecule has 0 spiro atoms. The number of nitrogens with two attached hydrogens (primary N) is 1. The average Bonchev–Trinajstić information content (AvgIpc) is 2.54. The van der Waals surface area contributed by atoms with E-state index in [4.69, 9.17) is 5.73 Å². The van der Waals surface area contributed by atoms with Crippen LogP contribution in [0.25, 0.3) is 0 Å². The van der Waals surface area contributed by atoms with Gasteiger partial charge in [0.1, 0.15) is 0 Å². The molecule has 120 valence electrons. The van der Waals surface area contributed by atoms with E-state index in [0.717, 1.165) is 13.0 Å². The number of primary amides is 1. The van der Waals surface area contributed by atoms with Crippen molar-refractivity contribution in [2.75, 3.05) is 13.1 Å². The van der Waals surface area contributed by atoms with Crippen LogP contribution in [0.3, 0.4) is 0 Å². The maximum atomic E-state index is 12.6. The van der Waals surface area contributed by atoms with Crippen molar-refractivity contribution in [3.8, 4) is 0 Å². The van der Waals surface area contributed by atoms with Crippen molar-refractivity contribution in [3.05, 3.63) is 35.4 Å². The molecule has 0 aromatic heterocycles. The van der Waals surface area contributed by atoms with Gasteiger partial charge in [0.2, 0.25) is 11.8 Å². The third-order valence-electron chi connectivity index (χ3n) is 4.59. The number of hydrogen-bond donors (Lipinski definition) is 2. The molecule has 0 saturated carbocycles. The lowest BCUT2D eigenvalue weighted by atomic mass is 9.93. The highest BCUT2D eigenvalue weighted by atomic mass is 35.5. The Kier molecular flexibility index (Phi) is 5.42. The summed E-state index contributed by atoms with van der Waals surface area (Å²) in [5, 5.41) is 3.32. The lowest BCUT2D eigenvalue weighted by Gasteiger charge is -2.35. The predicted octanol–water partition coefficient (Wildman–Crippen LogP) is 0.847. The first-order chi connectivity index (χ1) is 10.1. The molecule has 6 heteroatoms. The Balaban J connectivity index is 0.00000176. The van der Waals surface area contributed by atoms with Gasteiger partial charge in [0.25, 0.3) is 0 Å². The highest BCUT2D eigenvalue weighted by Gasteiger charge is 2.31. The molecule has 0 bridgehead atoms. The van der Waals surface area contributed by atoms with Crippen molar-refractivity contribution in [3.63, 3.8) is 0 Å². The smallest absolute Gasteiger partial charge is 0.240 e. The number of piperidine rings is 1. The molecule has 5 nitrogen and oxygen atoms in total. The van der Waals surface area contributed by atoms with Crippen molar-refractivity contribution in [2.45, 2.75) is 31.8 Å². The molecule has 2 aliphatic heterocycles. The van der Waals surface area contributed by atoms with E-state index in [1.165, 1.54) is 11.1 Å². The van der Waals surface area contributed by atoms with Crippen LogP contribution in [0.2, 0.25) is 0 Å². The molecule has 1 aromatic rings. The Morgan fingerprint density at radius 2 is 1.77 bits per heavy atom. The van der Waals surface area contributed by atoms with Gasteiger partial charge in [-0.2, -0.15) is 0 Å². The summed E-state index contributed by atoms with van der Waals surface area (Å²) in [6.07, 6.45) is 2.11. The molecular weight excluding hydrogens is 302 g/mol. The van der Waals surface area contributed by atoms with E-state index in [1.807, 2.05) is 17.0 Å². The first-order valence-electron chi connectivity index (χ1n) is 7.53. The van der Waals surface area contributed by atoms with Gasteiger partial charge in [-0.1, -0.05) is 24.3 Å². The summed E-state index contributed by atoms with van der Waals surface area (Å²) in [6, 6.07) is 8.09. The summed E-state index contributed by atoms with van der Waals surface area (Å²) in [6.45, 7) is 2.00. The van der Waals surface area contributed by atoms with Crippen LogP contribution in [0.15, 0.2) is 24.3 Å². The van der Waals surface area contributed by atoms with Gasteiger partial charge in [-0.3, -0.25) is 9.59 Å². The molecule has 1 saturated heterocycles. The molecule has 1 fully saturated rings. The fourth-order valence-electron chi connectivity index (χ4n) is 3.23. The minimum Gasteiger partial charge on any atom is -0.369 e. The quantitative estimate of drug-likeness (QED) is 0.847. The number of nitrogens with one attached hydrogen (secondary N) is 1. The predicted molar refractivity (Wildman–Crippen MR) is 86.5 cm³/mol. The van der Waals surface area contributed by atoms with E-state index in [1.54, 1.807) is 0 Å². The highest BCUT2D eigenvalue weighted by molar-refractivity contribution is 5.85. The fraction of sp³-hybridized carbons (Fsp3) is 0.500. The molecule has 1 unspecified atom stereocenters. The molecule has 22 heavy (non-hydrogen) atoms. The van der Waals surface area contributed by atoms with Crippen LogP contribution in [0, 0.1) is 5.92 Å². The highest BCUT2D eigenvalue weighted by Crippen LogP contribution is 2.21. The Morgan fingerprint density at radius 3 is 2.41 bits per heavy atom. The molecule has 2 heterocycles. The number of likely N-dealkylation sites (tertiary alicyclic amines) is 1. The number of rotatable bonds is 2. The number of amides is 2. The summed E-state index contributed by atoms with van der Waals surface area (Å²) in [7, 11) is 0. The third-order valence-corrected chi connectivity index (χ3v) is 4.59. The topological polar surface area (TPSA) is 75.4 Å². The molecule has 0 aliphatic carbocycles. The lowest BCUT2D eigenvalue weighted by molar-refractivity contribution is -0.137. The van der Waals surface area contributed by atoms with Crippen LogP contribution in [0.4, 0.5) is 0 Å². The van der Waals surface area contributed by atoms with E-state index in [-0.39, 0.29) is 36.2 Å². The number of carbonyl (C=O) groups is 2. The van der Waals surface area contributed by atoms with Gasteiger partial charge in [0.05, 0.1) is 6.04 Å². The summed E-state index contributed by atoms with van der Waals surface area (Å²) in [4.78, 5) is 25.6. The monoisotopic (exact) mass is 323 g/mol. The van der Waals surface area contributed by atoms with Crippen molar-refractivity contribution >= 4 is 24.2 Å². The zero-order chi connectivity index (χ0) is 14.8. The average molecular weight is 324 g/mol. The molecule has 2 aliphatic rings. The standard InChI is InChI=1S/C16H21N3O2.ClH/c17-15(20)11-5-7-19(8-6-11)16(21)14-9-12-3-1-2-4-13(12)10-18-14;/h1-4,11,14,18H,5-10H2,(H2,17,20);1H. The van der Waals surface area contributed by atoms with Crippen LogP contribution in [-0.4, -0.2) is 35.8 Å².